The van der Waals surface area contributed by atoms with Crippen LogP contribution in [0.15, 0.2) is 0 Å². The summed E-state index contributed by atoms with van der Waals surface area (Å²) >= 11 is 0. The second-order valence-corrected chi connectivity index (χ2v) is 5.35. The highest BCUT2D eigenvalue weighted by Gasteiger charge is 2.31. The lowest BCUT2D eigenvalue weighted by Gasteiger charge is -2.26. The molecule has 18 heavy (non-hydrogen) atoms. The van der Waals surface area contributed by atoms with Crippen molar-refractivity contribution in [1.82, 2.24) is 5.32 Å². The number of carbonyl (C=O) groups excluding carboxylic acids is 2. The lowest BCUT2D eigenvalue weighted by atomic mass is 9.95. The summed E-state index contributed by atoms with van der Waals surface area (Å²) in [6, 6.07) is -0.623. The van der Waals surface area contributed by atoms with Crippen molar-refractivity contribution in [3.05, 3.63) is 0 Å². The van der Waals surface area contributed by atoms with Crippen LogP contribution in [0.5, 0.6) is 0 Å². The number of hydrogen-bond donors (Lipinski definition) is 2. The second-order valence-electron chi connectivity index (χ2n) is 5.35. The van der Waals surface area contributed by atoms with Crippen LogP contribution in [-0.4, -0.2) is 30.6 Å². The Kier molecular flexibility index (Phi) is 6.91. The van der Waals surface area contributed by atoms with E-state index in [9.17, 15) is 9.59 Å². The number of hydrogen-bond acceptors (Lipinski definition) is 4. The number of esters is 1. The maximum absolute atomic E-state index is 12.0. The van der Waals surface area contributed by atoms with Gasteiger partial charge >= 0.3 is 5.97 Å². The second kappa shape index (κ2) is 7.36. The van der Waals surface area contributed by atoms with Crippen molar-refractivity contribution in [2.75, 3.05) is 7.11 Å². The highest BCUT2D eigenvalue weighted by molar-refractivity contribution is 5.90. The third-order valence-corrected chi connectivity index (χ3v) is 2.79. The fraction of sp³-hybridized carbons (Fsp3) is 0.846. The van der Waals surface area contributed by atoms with Gasteiger partial charge in [0.05, 0.1) is 12.6 Å². The van der Waals surface area contributed by atoms with Gasteiger partial charge in [-0.25, -0.2) is 4.79 Å². The normalized spacial score (nSPS) is 15.9. The summed E-state index contributed by atoms with van der Waals surface area (Å²) in [5.74, 6) is -0.450. The Balaban J connectivity index is 4.67. The first-order valence-electron chi connectivity index (χ1n) is 6.42. The molecule has 3 N–H and O–H groups in total. The average Bonchev–Trinajstić information content (AvgIpc) is 2.26. The number of nitrogens with one attached hydrogen (secondary N) is 1. The van der Waals surface area contributed by atoms with Crippen LogP contribution in [0.2, 0.25) is 0 Å². The molecule has 0 aromatic rings. The largest absolute Gasteiger partial charge is 0.467 e. The molecule has 0 rings (SSSR count). The molecule has 0 saturated carbocycles. The first-order chi connectivity index (χ1) is 8.24. The molecule has 5 heteroatoms. The fourth-order valence-corrected chi connectivity index (χ4v) is 1.78. The van der Waals surface area contributed by atoms with Gasteiger partial charge in [0.2, 0.25) is 5.91 Å². The standard InChI is InChI=1S/C13H26N2O3/c1-6-7-13(4,14)12(17)15-10(8-9(2)3)11(16)18-5/h9-10H,6-8,14H2,1-5H3,(H,15,17)/t10-,13?/m0/s1. The van der Waals surface area contributed by atoms with E-state index in [-0.39, 0.29) is 11.8 Å². The van der Waals surface area contributed by atoms with E-state index in [4.69, 9.17) is 10.5 Å². The maximum atomic E-state index is 12.0. The molecule has 0 heterocycles. The van der Waals surface area contributed by atoms with Gasteiger partial charge in [-0.3, -0.25) is 4.79 Å². The zero-order chi connectivity index (χ0) is 14.3. The predicted molar refractivity (Wildman–Crippen MR) is 70.9 cm³/mol. The van der Waals surface area contributed by atoms with E-state index in [1.807, 2.05) is 20.8 Å². The van der Waals surface area contributed by atoms with Gasteiger partial charge in [-0.15, -0.1) is 0 Å². The van der Waals surface area contributed by atoms with Crippen LogP contribution in [0.3, 0.4) is 0 Å². The van der Waals surface area contributed by atoms with Crippen LogP contribution in [0.4, 0.5) is 0 Å². The molecular weight excluding hydrogens is 232 g/mol. The van der Waals surface area contributed by atoms with Crippen LogP contribution in [0, 0.1) is 5.92 Å². The molecule has 0 bridgehead atoms. The summed E-state index contributed by atoms with van der Waals surface area (Å²) < 4.78 is 4.69. The molecule has 0 aliphatic rings. The summed E-state index contributed by atoms with van der Waals surface area (Å²) in [6.07, 6.45) is 1.93. The third-order valence-electron chi connectivity index (χ3n) is 2.79. The quantitative estimate of drug-likeness (QED) is 0.672. The Morgan fingerprint density at radius 3 is 2.33 bits per heavy atom. The van der Waals surface area contributed by atoms with Crippen LogP contribution < -0.4 is 11.1 Å². The molecule has 0 aliphatic heterocycles. The number of rotatable bonds is 7. The topological polar surface area (TPSA) is 81.4 Å². The Labute approximate surface area is 109 Å². The molecule has 0 aromatic carbocycles. The van der Waals surface area contributed by atoms with Gasteiger partial charge in [0.25, 0.3) is 0 Å². The molecule has 0 aliphatic carbocycles. The molecule has 0 fully saturated rings. The minimum atomic E-state index is -0.946. The summed E-state index contributed by atoms with van der Waals surface area (Å²) in [7, 11) is 1.31. The summed E-state index contributed by atoms with van der Waals surface area (Å²) in [4.78, 5) is 23.6. The zero-order valence-electron chi connectivity index (χ0n) is 12.1. The van der Waals surface area contributed by atoms with Gasteiger partial charge in [-0.05, 0) is 25.7 Å². The van der Waals surface area contributed by atoms with E-state index < -0.39 is 17.6 Å². The van der Waals surface area contributed by atoms with Crippen molar-refractivity contribution < 1.29 is 14.3 Å². The van der Waals surface area contributed by atoms with Gasteiger partial charge in [0, 0.05) is 0 Å². The molecule has 5 nitrogen and oxygen atoms in total. The van der Waals surface area contributed by atoms with Gasteiger partial charge in [0.15, 0.2) is 0 Å². The molecule has 1 unspecified atom stereocenters. The molecular formula is C13H26N2O3. The van der Waals surface area contributed by atoms with E-state index in [0.717, 1.165) is 6.42 Å². The summed E-state index contributed by atoms with van der Waals surface area (Å²) in [5.41, 5.74) is 4.98. The van der Waals surface area contributed by atoms with Crippen molar-refractivity contribution >= 4 is 11.9 Å². The van der Waals surface area contributed by atoms with Crippen molar-refractivity contribution in [3.63, 3.8) is 0 Å². The molecule has 0 saturated heterocycles. The minimum Gasteiger partial charge on any atom is -0.467 e. The van der Waals surface area contributed by atoms with E-state index in [1.165, 1.54) is 7.11 Å². The van der Waals surface area contributed by atoms with Gasteiger partial charge in [-0.2, -0.15) is 0 Å². The molecule has 1 amide bonds. The van der Waals surface area contributed by atoms with Crippen LogP contribution in [-0.2, 0) is 14.3 Å². The fourth-order valence-electron chi connectivity index (χ4n) is 1.78. The van der Waals surface area contributed by atoms with Crippen LogP contribution in [0.1, 0.15) is 47.0 Å². The van der Waals surface area contributed by atoms with Crippen molar-refractivity contribution in [3.8, 4) is 0 Å². The van der Waals surface area contributed by atoms with Crippen LogP contribution >= 0.6 is 0 Å². The van der Waals surface area contributed by atoms with Crippen molar-refractivity contribution in [1.29, 1.82) is 0 Å². The van der Waals surface area contributed by atoms with Gasteiger partial charge in [0.1, 0.15) is 6.04 Å². The molecule has 0 radical (unpaired) electrons. The van der Waals surface area contributed by atoms with E-state index in [0.29, 0.717) is 12.8 Å². The molecule has 106 valence electrons. The van der Waals surface area contributed by atoms with Crippen molar-refractivity contribution in [2.24, 2.45) is 11.7 Å². The first kappa shape index (κ1) is 16.9. The monoisotopic (exact) mass is 258 g/mol. The van der Waals surface area contributed by atoms with Gasteiger partial charge in [-0.1, -0.05) is 27.2 Å². The smallest absolute Gasteiger partial charge is 0.328 e. The molecule has 0 spiro atoms. The lowest BCUT2D eigenvalue weighted by molar-refractivity contribution is -0.146. The Morgan fingerprint density at radius 1 is 1.39 bits per heavy atom. The predicted octanol–water partition coefficient (Wildman–Crippen LogP) is 1.21. The summed E-state index contributed by atoms with van der Waals surface area (Å²) in [6.45, 7) is 7.60. The number of nitrogens with two attached hydrogens (primary N) is 1. The molecule has 2 atom stereocenters. The van der Waals surface area contributed by atoms with E-state index >= 15 is 0 Å². The van der Waals surface area contributed by atoms with E-state index in [1.54, 1.807) is 6.92 Å². The SMILES string of the molecule is CCCC(C)(N)C(=O)N[C@@H](CC(C)C)C(=O)OC. The van der Waals surface area contributed by atoms with E-state index in [2.05, 4.69) is 5.32 Å². The number of ether oxygens (including phenoxy) is 1. The highest BCUT2D eigenvalue weighted by Crippen LogP contribution is 2.11. The highest BCUT2D eigenvalue weighted by atomic mass is 16.5. The molecule has 0 aromatic heterocycles. The Morgan fingerprint density at radius 2 is 1.94 bits per heavy atom. The average molecular weight is 258 g/mol. The van der Waals surface area contributed by atoms with Gasteiger partial charge < -0.3 is 15.8 Å². The number of carbonyl (C=O) groups is 2. The zero-order valence-corrected chi connectivity index (χ0v) is 12.1. The first-order valence-corrected chi connectivity index (χ1v) is 6.42. The lowest BCUT2D eigenvalue weighted by Crippen LogP contribution is -2.56. The van der Waals surface area contributed by atoms with Crippen molar-refractivity contribution in [2.45, 2.75) is 58.5 Å². The third kappa shape index (κ3) is 5.49. The summed E-state index contributed by atoms with van der Waals surface area (Å²) in [5, 5.41) is 2.69. The maximum Gasteiger partial charge on any atom is 0.328 e. The Hall–Kier alpha value is -1.10. The number of amides is 1. The minimum absolute atomic E-state index is 0.282. The van der Waals surface area contributed by atoms with Crippen LogP contribution in [0.25, 0.3) is 0 Å². The Bertz CT molecular complexity index is 288. The number of methoxy groups -OCH3 is 1.